The van der Waals surface area contributed by atoms with Crippen molar-refractivity contribution >= 4 is 11.8 Å². The number of hydrogen-bond donors (Lipinski definition) is 1. The molecule has 3 rings (SSSR count). The van der Waals surface area contributed by atoms with Gasteiger partial charge in [-0.2, -0.15) is 0 Å². The third kappa shape index (κ3) is 3.28. The maximum absolute atomic E-state index is 12.5. The van der Waals surface area contributed by atoms with E-state index in [1.807, 2.05) is 0 Å². The summed E-state index contributed by atoms with van der Waals surface area (Å²) in [5.74, 6) is -0.809. The fraction of sp³-hybridized carbons (Fsp3) is 0.333. The van der Waals surface area contributed by atoms with Crippen LogP contribution in [-0.4, -0.2) is 26.8 Å². The fourth-order valence-electron chi connectivity index (χ4n) is 3.03. The number of hydrogen-bond acceptors (Lipinski definition) is 4. The Morgan fingerprint density at radius 2 is 1.74 bits per heavy atom. The van der Waals surface area contributed by atoms with Gasteiger partial charge < -0.3 is 5.11 Å². The van der Waals surface area contributed by atoms with Crippen LogP contribution in [-0.2, 0) is 0 Å². The summed E-state index contributed by atoms with van der Waals surface area (Å²) >= 11 is 0. The Bertz CT molecular complexity index is 722. The van der Waals surface area contributed by atoms with Crippen molar-refractivity contribution in [1.29, 1.82) is 0 Å². The second-order valence-electron chi connectivity index (χ2n) is 5.83. The smallest absolute Gasteiger partial charge is 0.355 e. The second-order valence-corrected chi connectivity index (χ2v) is 5.83. The molecule has 2 aromatic rings. The van der Waals surface area contributed by atoms with Gasteiger partial charge in [0.05, 0.1) is 5.56 Å². The highest BCUT2D eigenvalue weighted by atomic mass is 16.4. The van der Waals surface area contributed by atoms with E-state index >= 15 is 0 Å². The van der Waals surface area contributed by atoms with Crippen LogP contribution in [0.4, 0.5) is 0 Å². The van der Waals surface area contributed by atoms with Gasteiger partial charge in [0.1, 0.15) is 5.82 Å². The molecule has 23 heavy (non-hydrogen) atoms. The van der Waals surface area contributed by atoms with Gasteiger partial charge in [-0.25, -0.2) is 14.8 Å². The van der Waals surface area contributed by atoms with Gasteiger partial charge in [-0.1, -0.05) is 49.6 Å². The number of benzene rings is 1. The van der Waals surface area contributed by atoms with E-state index < -0.39 is 5.97 Å². The average Bonchev–Trinajstić information content (AvgIpc) is 2.62. The molecule has 0 spiro atoms. The lowest BCUT2D eigenvalue weighted by atomic mass is 9.88. The third-order valence-corrected chi connectivity index (χ3v) is 4.26. The molecule has 0 bridgehead atoms. The molecular weight excluding hydrogens is 292 g/mol. The van der Waals surface area contributed by atoms with Crippen LogP contribution < -0.4 is 0 Å². The maximum Gasteiger partial charge on any atom is 0.355 e. The molecular formula is C18H18N2O3. The molecule has 0 amide bonds. The minimum Gasteiger partial charge on any atom is -0.476 e. The minimum absolute atomic E-state index is 0.0447. The molecule has 1 aromatic heterocycles. The molecule has 1 aliphatic carbocycles. The topological polar surface area (TPSA) is 80.2 Å². The Kier molecular flexibility index (Phi) is 4.46. The van der Waals surface area contributed by atoms with Gasteiger partial charge in [0, 0.05) is 17.7 Å². The summed E-state index contributed by atoms with van der Waals surface area (Å²) in [6.45, 7) is 0. The number of carbonyl (C=O) groups excluding carboxylic acids is 1. The Morgan fingerprint density at radius 1 is 1.04 bits per heavy atom. The van der Waals surface area contributed by atoms with E-state index in [0.29, 0.717) is 11.4 Å². The van der Waals surface area contributed by atoms with Crippen LogP contribution in [0.25, 0.3) is 0 Å². The van der Waals surface area contributed by atoms with E-state index in [0.717, 1.165) is 25.7 Å². The normalized spacial score (nSPS) is 15.3. The van der Waals surface area contributed by atoms with Gasteiger partial charge in [-0.05, 0) is 12.8 Å². The Hall–Kier alpha value is -2.56. The first kappa shape index (κ1) is 15.3. The summed E-state index contributed by atoms with van der Waals surface area (Å²) in [6.07, 6.45) is 6.75. The molecule has 1 saturated carbocycles. The van der Waals surface area contributed by atoms with E-state index in [9.17, 15) is 14.7 Å². The van der Waals surface area contributed by atoms with Crippen LogP contribution in [0, 0.1) is 0 Å². The van der Waals surface area contributed by atoms with E-state index in [1.54, 1.807) is 30.3 Å². The quantitative estimate of drug-likeness (QED) is 0.875. The summed E-state index contributed by atoms with van der Waals surface area (Å²) in [6, 6.07) is 8.60. The highest BCUT2D eigenvalue weighted by molar-refractivity contribution is 6.13. The van der Waals surface area contributed by atoms with Crippen molar-refractivity contribution in [3.8, 4) is 0 Å². The van der Waals surface area contributed by atoms with Crippen molar-refractivity contribution in [3.63, 3.8) is 0 Å². The molecule has 118 valence electrons. The first-order valence-corrected chi connectivity index (χ1v) is 7.87. The molecule has 1 heterocycles. The Morgan fingerprint density at radius 3 is 2.39 bits per heavy atom. The zero-order valence-electron chi connectivity index (χ0n) is 12.7. The van der Waals surface area contributed by atoms with Crippen molar-refractivity contribution in [1.82, 2.24) is 9.97 Å². The van der Waals surface area contributed by atoms with Gasteiger partial charge in [0.25, 0.3) is 0 Å². The number of carbonyl (C=O) groups is 2. The van der Waals surface area contributed by atoms with Crippen LogP contribution in [0.2, 0.25) is 0 Å². The van der Waals surface area contributed by atoms with Crippen molar-refractivity contribution in [2.75, 3.05) is 0 Å². The second kappa shape index (κ2) is 6.69. The Labute approximate surface area is 134 Å². The fourth-order valence-corrected chi connectivity index (χ4v) is 3.03. The predicted molar refractivity (Wildman–Crippen MR) is 84.7 cm³/mol. The molecule has 0 unspecified atom stereocenters. The van der Waals surface area contributed by atoms with Gasteiger partial charge in [-0.3, -0.25) is 4.79 Å². The highest BCUT2D eigenvalue weighted by Crippen LogP contribution is 2.31. The molecule has 0 aliphatic heterocycles. The number of aromatic nitrogens is 2. The summed E-state index contributed by atoms with van der Waals surface area (Å²) in [5.41, 5.74) is 0.279. The predicted octanol–water partition coefficient (Wildman–Crippen LogP) is 3.45. The summed E-state index contributed by atoms with van der Waals surface area (Å²) in [4.78, 5) is 32.6. The number of aromatic carboxylic acids is 1. The van der Waals surface area contributed by atoms with E-state index in [-0.39, 0.29) is 23.0 Å². The largest absolute Gasteiger partial charge is 0.476 e. The van der Waals surface area contributed by atoms with Crippen LogP contribution in [0.3, 0.4) is 0 Å². The van der Waals surface area contributed by atoms with Crippen molar-refractivity contribution in [2.24, 2.45) is 0 Å². The Balaban J connectivity index is 1.97. The summed E-state index contributed by atoms with van der Waals surface area (Å²) < 4.78 is 0. The molecule has 1 aromatic carbocycles. The van der Waals surface area contributed by atoms with Crippen LogP contribution in [0.5, 0.6) is 0 Å². The lowest BCUT2D eigenvalue weighted by Gasteiger charge is -2.20. The van der Waals surface area contributed by atoms with Crippen LogP contribution >= 0.6 is 0 Å². The molecule has 1 aliphatic rings. The molecule has 1 N–H and O–H groups in total. The van der Waals surface area contributed by atoms with Gasteiger partial charge >= 0.3 is 5.97 Å². The zero-order chi connectivity index (χ0) is 16.2. The highest BCUT2D eigenvalue weighted by Gasteiger charge is 2.24. The molecule has 0 radical (unpaired) electrons. The number of ketones is 1. The number of nitrogens with zero attached hydrogens (tertiary/aromatic N) is 2. The van der Waals surface area contributed by atoms with Gasteiger partial charge in [-0.15, -0.1) is 0 Å². The lowest BCUT2D eigenvalue weighted by molar-refractivity contribution is 0.0685. The van der Waals surface area contributed by atoms with E-state index in [2.05, 4.69) is 9.97 Å². The SMILES string of the molecule is O=C(c1ccccc1)c1cnc(C2CCCCC2)nc1C(=O)O. The molecule has 5 nitrogen and oxygen atoms in total. The zero-order valence-corrected chi connectivity index (χ0v) is 12.7. The van der Waals surface area contributed by atoms with Gasteiger partial charge in [0.15, 0.2) is 11.5 Å². The average molecular weight is 310 g/mol. The first-order valence-electron chi connectivity index (χ1n) is 7.87. The number of carboxylic acids is 1. The van der Waals surface area contributed by atoms with Crippen molar-refractivity contribution < 1.29 is 14.7 Å². The van der Waals surface area contributed by atoms with Crippen molar-refractivity contribution in [2.45, 2.75) is 38.0 Å². The van der Waals surface area contributed by atoms with Crippen molar-refractivity contribution in [3.05, 3.63) is 59.2 Å². The van der Waals surface area contributed by atoms with E-state index in [4.69, 9.17) is 0 Å². The molecule has 0 saturated heterocycles. The maximum atomic E-state index is 12.5. The summed E-state index contributed by atoms with van der Waals surface area (Å²) in [5, 5.41) is 9.44. The van der Waals surface area contributed by atoms with E-state index in [1.165, 1.54) is 12.6 Å². The monoisotopic (exact) mass is 310 g/mol. The minimum atomic E-state index is -1.19. The number of rotatable bonds is 4. The standard InChI is InChI=1S/C18H18N2O3/c21-16(12-7-3-1-4-8-12)14-11-19-17(20-15(14)18(22)23)13-9-5-2-6-10-13/h1,3-4,7-8,11,13H,2,5-6,9-10H2,(H,22,23). The summed E-state index contributed by atoms with van der Waals surface area (Å²) in [7, 11) is 0. The lowest BCUT2D eigenvalue weighted by Crippen LogP contribution is -2.17. The molecule has 5 heteroatoms. The molecule has 0 atom stereocenters. The number of carboxylic acid groups (broad SMARTS) is 1. The molecule has 1 fully saturated rings. The van der Waals surface area contributed by atoms with Gasteiger partial charge in [0.2, 0.25) is 0 Å². The van der Waals surface area contributed by atoms with Crippen LogP contribution in [0.15, 0.2) is 36.5 Å². The van der Waals surface area contributed by atoms with Crippen LogP contribution in [0.1, 0.15) is 70.3 Å². The third-order valence-electron chi connectivity index (χ3n) is 4.26. The first-order chi connectivity index (χ1) is 11.2.